The molecule has 2 fully saturated rings. The third kappa shape index (κ3) is 2.83. The van der Waals surface area contributed by atoms with E-state index in [1.54, 1.807) is 12.7 Å². The van der Waals surface area contributed by atoms with Crippen molar-refractivity contribution in [2.24, 2.45) is 11.8 Å². The zero-order chi connectivity index (χ0) is 18.4. The Hall–Kier alpha value is -2.96. The molecule has 0 spiro atoms. The third-order valence-corrected chi connectivity index (χ3v) is 5.84. The number of likely N-dealkylation sites (tertiary alicyclic amines) is 1. The zero-order valence-electron chi connectivity index (χ0n) is 15.3. The minimum absolute atomic E-state index is 0.178. The number of nitrogens with zero attached hydrogens (tertiary/aromatic N) is 6. The molecule has 1 amide bonds. The summed E-state index contributed by atoms with van der Waals surface area (Å²) in [5.74, 6) is 2.24. The number of carbonyl (C=O) groups excluding carboxylic acids is 1. The highest BCUT2D eigenvalue weighted by atomic mass is 16.2. The monoisotopic (exact) mass is 362 g/mol. The lowest BCUT2D eigenvalue weighted by molar-refractivity contribution is -0.131. The number of benzene rings is 1. The van der Waals surface area contributed by atoms with Gasteiger partial charge in [-0.25, -0.2) is 15.0 Å². The van der Waals surface area contributed by atoms with E-state index in [1.165, 1.54) is 0 Å². The minimum atomic E-state index is 0.178. The van der Waals surface area contributed by atoms with E-state index in [2.05, 4.69) is 26.8 Å². The van der Waals surface area contributed by atoms with E-state index in [4.69, 9.17) is 0 Å². The number of anilines is 1. The summed E-state index contributed by atoms with van der Waals surface area (Å²) in [4.78, 5) is 30.1. The number of fused-ring (bicyclic) bond motifs is 2. The molecule has 7 heteroatoms. The van der Waals surface area contributed by atoms with E-state index in [0.717, 1.165) is 48.6 Å². The van der Waals surface area contributed by atoms with Gasteiger partial charge in [0.1, 0.15) is 18.7 Å². The summed E-state index contributed by atoms with van der Waals surface area (Å²) in [5.41, 5.74) is 3.05. The summed E-state index contributed by atoms with van der Waals surface area (Å²) in [7, 11) is 0. The molecule has 27 heavy (non-hydrogen) atoms. The van der Waals surface area contributed by atoms with E-state index in [0.29, 0.717) is 18.4 Å². The number of carbonyl (C=O) groups is 1. The molecule has 138 valence electrons. The van der Waals surface area contributed by atoms with Crippen molar-refractivity contribution < 1.29 is 4.79 Å². The van der Waals surface area contributed by atoms with E-state index in [9.17, 15) is 4.79 Å². The molecule has 2 aromatic heterocycles. The predicted molar refractivity (Wildman–Crippen MR) is 102 cm³/mol. The number of amides is 1. The predicted octanol–water partition coefficient (Wildman–Crippen LogP) is 1.73. The molecule has 0 aliphatic carbocycles. The van der Waals surface area contributed by atoms with Crippen LogP contribution in [0.2, 0.25) is 0 Å². The van der Waals surface area contributed by atoms with Crippen molar-refractivity contribution in [2.45, 2.75) is 13.5 Å². The van der Waals surface area contributed by atoms with Gasteiger partial charge in [-0.1, -0.05) is 12.1 Å². The van der Waals surface area contributed by atoms with Crippen LogP contribution in [0.5, 0.6) is 0 Å². The summed E-state index contributed by atoms with van der Waals surface area (Å²) in [6.45, 7) is 5.98. The standard InChI is InChI=1S/C20H22N6O/c1-14-6-21-12-22-20(14)25-9-15-7-24(8-16(15)10-25)19(27)11-26-13-23-17-4-2-3-5-18(17)26/h2-6,12-13,15-16H,7-11H2,1H3. The molecule has 0 saturated carbocycles. The lowest BCUT2D eigenvalue weighted by atomic mass is 10.0. The quantitative estimate of drug-likeness (QED) is 0.710. The number of aromatic nitrogens is 4. The van der Waals surface area contributed by atoms with Gasteiger partial charge in [0, 0.05) is 49.8 Å². The largest absolute Gasteiger partial charge is 0.356 e. The SMILES string of the molecule is Cc1cncnc1N1CC2CN(C(=O)Cn3cnc4ccccc43)CC2C1. The van der Waals surface area contributed by atoms with Crippen LogP contribution < -0.4 is 4.90 Å². The smallest absolute Gasteiger partial charge is 0.242 e. The third-order valence-electron chi connectivity index (χ3n) is 5.84. The van der Waals surface area contributed by atoms with Gasteiger partial charge in [0.15, 0.2) is 0 Å². The van der Waals surface area contributed by atoms with E-state index >= 15 is 0 Å². The number of rotatable bonds is 3. The molecule has 0 bridgehead atoms. The van der Waals surface area contributed by atoms with Crippen LogP contribution in [0.3, 0.4) is 0 Å². The molecule has 2 aliphatic heterocycles. The van der Waals surface area contributed by atoms with Gasteiger partial charge >= 0.3 is 0 Å². The van der Waals surface area contributed by atoms with Crippen molar-refractivity contribution in [3.8, 4) is 0 Å². The molecule has 0 radical (unpaired) electrons. The first kappa shape index (κ1) is 16.2. The van der Waals surface area contributed by atoms with Gasteiger partial charge in [-0.2, -0.15) is 0 Å². The fourth-order valence-corrected chi connectivity index (χ4v) is 4.48. The maximum absolute atomic E-state index is 12.8. The van der Waals surface area contributed by atoms with Crippen molar-refractivity contribution in [3.05, 3.63) is 48.7 Å². The average Bonchev–Trinajstić information content (AvgIpc) is 3.35. The summed E-state index contributed by atoms with van der Waals surface area (Å²) in [6.07, 6.45) is 5.24. The Kier molecular flexibility index (Phi) is 3.81. The molecule has 4 heterocycles. The van der Waals surface area contributed by atoms with E-state index in [1.807, 2.05) is 39.9 Å². The number of hydrogen-bond acceptors (Lipinski definition) is 5. The molecule has 1 aromatic carbocycles. The first-order valence-electron chi connectivity index (χ1n) is 9.38. The second-order valence-corrected chi connectivity index (χ2v) is 7.61. The second-order valence-electron chi connectivity index (χ2n) is 7.61. The van der Waals surface area contributed by atoms with E-state index in [-0.39, 0.29) is 5.91 Å². The van der Waals surface area contributed by atoms with Gasteiger partial charge in [-0.3, -0.25) is 4.79 Å². The summed E-state index contributed by atoms with van der Waals surface area (Å²) in [5, 5.41) is 0. The van der Waals surface area contributed by atoms with Crippen LogP contribution in [0.4, 0.5) is 5.82 Å². The molecule has 3 aromatic rings. The first-order valence-corrected chi connectivity index (χ1v) is 9.38. The van der Waals surface area contributed by atoms with Crippen LogP contribution in [0.25, 0.3) is 11.0 Å². The fourth-order valence-electron chi connectivity index (χ4n) is 4.48. The van der Waals surface area contributed by atoms with Crippen molar-refractivity contribution in [1.82, 2.24) is 24.4 Å². The maximum atomic E-state index is 12.8. The zero-order valence-corrected chi connectivity index (χ0v) is 15.3. The number of para-hydroxylation sites is 2. The Bertz CT molecular complexity index is 985. The first-order chi connectivity index (χ1) is 13.2. The maximum Gasteiger partial charge on any atom is 0.242 e. The van der Waals surface area contributed by atoms with Crippen LogP contribution in [0.1, 0.15) is 5.56 Å². The van der Waals surface area contributed by atoms with Gasteiger partial charge in [0.05, 0.1) is 17.4 Å². The topological polar surface area (TPSA) is 67.2 Å². The molecule has 2 unspecified atom stereocenters. The van der Waals surface area contributed by atoms with Crippen LogP contribution in [0, 0.1) is 18.8 Å². The van der Waals surface area contributed by atoms with Crippen molar-refractivity contribution in [1.29, 1.82) is 0 Å². The van der Waals surface area contributed by atoms with Gasteiger partial charge in [-0.15, -0.1) is 0 Å². The van der Waals surface area contributed by atoms with Gasteiger partial charge < -0.3 is 14.4 Å². The highest BCUT2D eigenvalue weighted by Crippen LogP contribution is 2.34. The lowest BCUT2D eigenvalue weighted by Gasteiger charge is -2.23. The highest BCUT2D eigenvalue weighted by Gasteiger charge is 2.42. The Morgan fingerprint density at radius 3 is 2.67 bits per heavy atom. The fraction of sp³-hybridized carbons (Fsp3) is 0.400. The number of imidazole rings is 1. The van der Waals surface area contributed by atoms with Crippen molar-refractivity contribution >= 4 is 22.8 Å². The Labute approximate surface area is 157 Å². The lowest BCUT2D eigenvalue weighted by Crippen LogP contribution is -2.35. The van der Waals surface area contributed by atoms with Gasteiger partial charge in [0.25, 0.3) is 0 Å². The normalized spacial score (nSPS) is 21.8. The number of aryl methyl sites for hydroxylation is 1. The van der Waals surface area contributed by atoms with Crippen LogP contribution >= 0.6 is 0 Å². The molecule has 2 atom stereocenters. The Morgan fingerprint density at radius 2 is 1.89 bits per heavy atom. The molecule has 7 nitrogen and oxygen atoms in total. The molecular formula is C20H22N6O. The van der Waals surface area contributed by atoms with E-state index < -0.39 is 0 Å². The number of hydrogen-bond donors (Lipinski definition) is 0. The Morgan fingerprint density at radius 1 is 1.11 bits per heavy atom. The summed E-state index contributed by atoms with van der Waals surface area (Å²) in [6, 6.07) is 7.93. The molecule has 2 aliphatic rings. The van der Waals surface area contributed by atoms with Gasteiger partial charge in [-0.05, 0) is 19.1 Å². The van der Waals surface area contributed by atoms with Crippen molar-refractivity contribution in [2.75, 3.05) is 31.1 Å². The molecular weight excluding hydrogens is 340 g/mol. The molecule has 2 saturated heterocycles. The van der Waals surface area contributed by atoms with Crippen LogP contribution in [-0.2, 0) is 11.3 Å². The van der Waals surface area contributed by atoms with Crippen molar-refractivity contribution in [3.63, 3.8) is 0 Å². The second kappa shape index (κ2) is 6.33. The minimum Gasteiger partial charge on any atom is -0.356 e. The Balaban J connectivity index is 1.25. The highest BCUT2D eigenvalue weighted by molar-refractivity contribution is 5.80. The van der Waals surface area contributed by atoms with Crippen LogP contribution in [0.15, 0.2) is 43.1 Å². The molecule has 5 rings (SSSR count). The van der Waals surface area contributed by atoms with Crippen LogP contribution in [-0.4, -0.2) is 56.5 Å². The summed E-state index contributed by atoms with van der Waals surface area (Å²) < 4.78 is 1.95. The molecule has 0 N–H and O–H groups in total. The van der Waals surface area contributed by atoms with Gasteiger partial charge in [0.2, 0.25) is 5.91 Å². The average molecular weight is 362 g/mol. The summed E-state index contributed by atoms with van der Waals surface area (Å²) >= 11 is 0.